The van der Waals surface area contributed by atoms with Crippen LogP contribution in [-0.4, -0.2) is 11.8 Å². The lowest BCUT2D eigenvalue weighted by molar-refractivity contribution is -0.116. The van der Waals surface area contributed by atoms with E-state index in [4.69, 9.17) is 10.2 Å². The van der Waals surface area contributed by atoms with Gasteiger partial charge in [-0.2, -0.15) is 0 Å². The monoisotopic (exact) mass is 260 g/mol. The van der Waals surface area contributed by atoms with Gasteiger partial charge in [-0.3, -0.25) is 9.59 Å². The molecule has 0 aliphatic heterocycles. The van der Waals surface area contributed by atoms with Gasteiger partial charge in [-0.25, -0.2) is 0 Å². The Labute approximate surface area is 110 Å². The number of carbonyl (C=O) groups excluding carboxylic acids is 2. The SMILES string of the molecule is CC(C)CC(=O)Nc1c(C(N)=O)oc2ccccc12. The number of carbonyl (C=O) groups is 2. The predicted molar refractivity (Wildman–Crippen MR) is 72.8 cm³/mol. The summed E-state index contributed by atoms with van der Waals surface area (Å²) in [6.45, 7) is 3.89. The molecule has 5 nitrogen and oxygen atoms in total. The predicted octanol–water partition coefficient (Wildman–Crippen LogP) is 2.52. The van der Waals surface area contributed by atoms with Gasteiger partial charge in [-0.05, 0) is 18.1 Å². The van der Waals surface area contributed by atoms with E-state index in [0.29, 0.717) is 23.1 Å². The van der Waals surface area contributed by atoms with Gasteiger partial charge < -0.3 is 15.5 Å². The van der Waals surface area contributed by atoms with Crippen LogP contribution in [0.3, 0.4) is 0 Å². The van der Waals surface area contributed by atoms with E-state index in [0.717, 1.165) is 0 Å². The molecular formula is C14H16N2O3. The molecule has 0 spiro atoms. The topological polar surface area (TPSA) is 85.3 Å². The van der Waals surface area contributed by atoms with Crippen LogP contribution in [0, 0.1) is 5.92 Å². The number of benzene rings is 1. The van der Waals surface area contributed by atoms with Crippen LogP contribution >= 0.6 is 0 Å². The second-order valence-corrected chi connectivity index (χ2v) is 4.81. The Morgan fingerprint density at radius 3 is 2.63 bits per heavy atom. The van der Waals surface area contributed by atoms with Gasteiger partial charge in [0.1, 0.15) is 11.3 Å². The van der Waals surface area contributed by atoms with E-state index >= 15 is 0 Å². The largest absolute Gasteiger partial charge is 0.449 e. The Kier molecular flexibility index (Phi) is 3.55. The van der Waals surface area contributed by atoms with Gasteiger partial charge in [0, 0.05) is 11.8 Å². The summed E-state index contributed by atoms with van der Waals surface area (Å²) >= 11 is 0. The first-order chi connectivity index (χ1) is 8.99. The number of amides is 2. The fraction of sp³-hybridized carbons (Fsp3) is 0.286. The van der Waals surface area contributed by atoms with Crippen LogP contribution in [-0.2, 0) is 4.79 Å². The zero-order valence-electron chi connectivity index (χ0n) is 10.9. The number of fused-ring (bicyclic) bond motifs is 1. The second-order valence-electron chi connectivity index (χ2n) is 4.81. The van der Waals surface area contributed by atoms with Gasteiger partial charge in [0.05, 0.1) is 0 Å². The van der Waals surface area contributed by atoms with E-state index in [2.05, 4.69) is 5.32 Å². The number of nitrogens with two attached hydrogens (primary N) is 1. The molecule has 0 saturated heterocycles. The molecule has 0 fully saturated rings. The minimum atomic E-state index is -0.698. The van der Waals surface area contributed by atoms with Gasteiger partial charge in [0.2, 0.25) is 11.7 Å². The smallest absolute Gasteiger partial charge is 0.286 e. The minimum Gasteiger partial charge on any atom is -0.449 e. The van der Waals surface area contributed by atoms with Crippen LogP contribution in [0.4, 0.5) is 5.69 Å². The van der Waals surface area contributed by atoms with Crippen LogP contribution in [0.5, 0.6) is 0 Å². The molecule has 0 unspecified atom stereocenters. The van der Waals surface area contributed by atoms with Gasteiger partial charge in [0.25, 0.3) is 5.91 Å². The molecule has 3 N–H and O–H groups in total. The molecule has 1 aromatic heterocycles. The van der Waals surface area contributed by atoms with Gasteiger partial charge in [-0.1, -0.05) is 26.0 Å². The van der Waals surface area contributed by atoms with Crippen molar-refractivity contribution in [3.63, 3.8) is 0 Å². The Morgan fingerprint density at radius 1 is 1.32 bits per heavy atom. The molecular weight excluding hydrogens is 244 g/mol. The molecule has 0 saturated carbocycles. The quantitative estimate of drug-likeness (QED) is 0.885. The van der Waals surface area contributed by atoms with Crippen molar-refractivity contribution in [1.29, 1.82) is 0 Å². The summed E-state index contributed by atoms with van der Waals surface area (Å²) in [6.07, 6.45) is 0.373. The molecule has 0 radical (unpaired) electrons. The lowest BCUT2D eigenvalue weighted by atomic mass is 10.1. The third-order valence-electron chi connectivity index (χ3n) is 2.68. The molecule has 100 valence electrons. The minimum absolute atomic E-state index is 0.0155. The average molecular weight is 260 g/mol. The van der Waals surface area contributed by atoms with Gasteiger partial charge in [0.15, 0.2) is 0 Å². The molecule has 2 rings (SSSR count). The molecule has 1 heterocycles. The highest BCUT2D eigenvalue weighted by Gasteiger charge is 2.20. The van der Waals surface area contributed by atoms with E-state index in [9.17, 15) is 9.59 Å². The molecule has 2 amide bonds. The fourth-order valence-corrected chi connectivity index (χ4v) is 1.90. The van der Waals surface area contributed by atoms with Crippen molar-refractivity contribution < 1.29 is 14.0 Å². The molecule has 0 aliphatic carbocycles. The summed E-state index contributed by atoms with van der Waals surface area (Å²) in [6, 6.07) is 7.09. The first-order valence-electron chi connectivity index (χ1n) is 6.10. The van der Waals surface area contributed by atoms with Crippen molar-refractivity contribution in [3.05, 3.63) is 30.0 Å². The van der Waals surface area contributed by atoms with E-state index < -0.39 is 5.91 Å². The summed E-state index contributed by atoms with van der Waals surface area (Å²) in [7, 11) is 0. The Balaban J connectivity index is 2.42. The van der Waals surface area contributed by atoms with E-state index in [-0.39, 0.29) is 17.6 Å². The zero-order valence-corrected chi connectivity index (χ0v) is 10.9. The van der Waals surface area contributed by atoms with Crippen molar-refractivity contribution in [2.45, 2.75) is 20.3 Å². The van der Waals surface area contributed by atoms with Gasteiger partial charge >= 0.3 is 0 Å². The number of hydrogen-bond acceptors (Lipinski definition) is 3. The van der Waals surface area contributed by atoms with Crippen LogP contribution in [0.1, 0.15) is 30.8 Å². The average Bonchev–Trinajstić information content (AvgIpc) is 2.67. The number of anilines is 1. The van der Waals surface area contributed by atoms with Crippen LogP contribution < -0.4 is 11.1 Å². The molecule has 19 heavy (non-hydrogen) atoms. The van der Waals surface area contributed by atoms with Crippen LogP contribution in [0.25, 0.3) is 11.0 Å². The van der Waals surface area contributed by atoms with Crippen molar-refractivity contribution in [2.75, 3.05) is 5.32 Å². The molecule has 0 atom stereocenters. The number of rotatable bonds is 4. The number of primary amides is 1. The normalized spacial score (nSPS) is 10.9. The maximum Gasteiger partial charge on any atom is 0.286 e. The Bertz CT molecular complexity index is 629. The first-order valence-corrected chi connectivity index (χ1v) is 6.10. The summed E-state index contributed by atoms with van der Waals surface area (Å²) in [4.78, 5) is 23.2. The van der Waals surface area contributed by atoms with Crippen LogP contribution in [0.15, 0.2) is 28.7 Å². The highest BCUT2D eigenvalue weighted by Crippen LogP contribution is 2.30. The molecule has 0 aliphatic rings. The van der Waals surface area contributed by atoms with Gasteiger partial charge in [-0.15, -0.1) is 0 Å². The van der Waals surface area contributed by atoms with E-state index in [1.165, 1.54) is 0 Å². The Hall–Kier alpha value is -2.30. The second kappa shape index (κ2) is 5.14. The lowest BCUT2D eigenvalue weighted by Crippen LogP contribution is -2.18. The number of para-hydroxylation sites is 1. The maximum atomic E-state index is 11.8. The van der Waals surface area contributed by atoms with Crippen molar-refractivity contribution in [3.8, 4) is 0 Å². The summed E-state index contributed by atoms with van der Waals surface area (Å²) in [5.41, 5.74) is 6.15. The fourth-order valence-electron chi connectivity index (χ4n) is 1.90. The van der Waals surface area contributed by atoms with Crippen molar-refractivity contribution in [1.82, 2.24) is 0 Å². The lowest BCUT2D eigenvalue weighted by Gasteiger charge is -2.06. The molecule has 0 bridgehead atoms. The number of hydrogen-bond donors (Lipinski definition) is 2. The van der Waals surface area contributed by atoms with Crippen LogP contribution in [0.2, 0.25) is 0 Å². The number of furan rings is 1. The van der Waals surface area contributed by atoms with Crippen molar-refractivity contribution in [2.24, 2.45) is 11.7 Å². The third kappa shape index (κ3) is 2.76. The van der Waals surface area contributed by atoms with E-state index in [1.807, 2.05) is 13.8 Å². The first kappa shape index (κ1) is 13.1. The summed E-state index contributed by atoms with van der Waals surface area (Å²) in [5.74, 6) is -0.645. The van der Waals surface area contributed by atoms with E-state index in [1.54, 1.807) is 24.3 Å². The Morgan fingerprint density at radius 2 is 2.00 bits per heavy atom. The molecule has 1 aromatic carbocycles. The highest BCUT2D eigenvalue weighted by molar-refractivity contribution is 6.10. The summed E-state index contributed by atoms with van der Waals surface area (Å²) in [5, 5.41) is 3.39. The molecule has 5 heteroatoms. The number of nitrogens with one attached hydrogen (secondary N) is 1. The highest BCUT2D eigenvalue weighted by atomic mass is 16.3. The maximum absolute atomic E-state index is 11.8. The third-order valence-corrected chi connectivity index (χ3v) is 2.68. The molecule has 2 aromatic rings. The zero-order chi connectivity index (χ0) is 14.0. The van der Waals surface area contributed by atoms with Crippen molar-refractivity contribution >= 4 is 28.5 Å². The standard InChI is InChI=1S/C14H16N2O3/c1-8(2)7-11(17)16-12-9-5-3-4-6-10(9)19-13(12)14(15)18/h3-6,8H,7H2,1-2H3,(H2,15,18)(H,16,17). The summed E-state index contributed by atoms with van der Waals surface area (Å²) < 4.78 is 5.38.